The van der Waals surface area contributed by atoms with Gasteiger partial charge in [-0.1, -0.05) is 66.7 Å². The molecule has 0 saturated carbocycles. The summed E-state index contributed by atoms with van der Waals surface area (Å²) in [6, 6.07) is 20.9. The molecule has 1 atom stereocenters. The highest BCUT2D eigenvalue weighted by Gasteiger charge is 2.30. The van der Waals surface area contributed by atoms with Crippen LogP contribution in [0.5, 0.6) is 0 Å². The van der Waals surface area contributed by atoms with Gasteiger partial charge in [0.2, 0.25) is 0 Å². The molecule has 0 bridgehead atoms. The highest BCUT2D eigenvalue weighted by molar-refractivity contribution is 5.87. The van der Waals surface area contributed by atoms with E-state index >= 15 is 0 Å². The molecule has 1 amide bonds. The van der Waals surface area contributed by atoms with Crippen molar-refractivity contribution < 1.29 is 19.4 Å². The van der Waals surface area contributed by atoms with Gasteiger partial charge >= 0.3 is 12.1 Å². The highest BCUT2D eigenvalue weighted by atomic mass is 16.5. The minimum Gasteiger partial charge on any atom is -0.480 e. The van der Waals surface area contributed by atoms with Crippen LogP contribution in [0.3, 0.4) is 0 Å². The van der Waals surface area contributed by atoms with E-state index in [1.165, 1.54) is 0 Å². The van der Waals surface area contributed by atoms with E-state index in [9.17, 15) is 14.7 Å². The average molecular weight is 440 g/mol. The Morgan fingerprint density at radius 3 is 2.33 bits per heavy atom. The minimum atomic E-state index is -1.11. The van der Waals surface area contributed by atoms with Gasteiger partial charge < -0.3 is 20.1 Å². The quantitative estimate of drug-likeness (QED) is 0.393. The normalized spacial score (nSPS) is 13.4. The van der Waals surface area contributed by atoms with Crippen molar-refractivity contribution in [2.45, 2.75) is 25.3 Å². The molecule has 0 radical (unpaired) electrons. The van der Waals surface area contributed by atoms with Crippen molar-refractivity contribution in [3.63, 3.8) is 0 Å². The second-order valence-corrected chi connectivity index (χ2v) is 8.38. The third kappa shape index (κ3) is 3.84. The van der Waals surface area contributed by atoms with Crippen LogP contribution < -0.4 is 5.32 Å². The molecule has 4 aromatic rings. The molecule has 33 heavy (non-hydrogen) atoms. The predicted octanol–water partition coefficient (Wildman–Crippen LogP) is 5.01. The summed E-state index contributed by atoms with van der Waals surface area (Å²) < 4.78 is 5.52. The standard InChI is InChI=1S/C27H24N2O4/c1-16-7-6-12-18-17(14-28-25(16)18)13-24(26(30)31)29-27(32)33-15-23-21-10-4-2-8-19(21)20-9-3-5-11-22(20)23/h2-12,14,23-24,28H,13,15H2,1H3,(H,29,32)(H,30,31)/t24-/m1/s1. The van der Waals surface area contributed by atoms with Gasteiger partial charge in [-0.3, -0.25) is 0 Å². The molecule has 0 spiro atoms. The first-order valence-corrected chi connectivity index (χ1v) is 10.9. The van der Waals surface area contributed by atoms with Crippen molar-refractivity contribution in [2.24, 2.45) is 0 Å². The third-order valence-electron chi connectivity index (χ3n) is 6.37. The van der Waals surface area contributed by atoms with Crippen LogP contribution in [0.2, 0.25) is 0 Å². The second-order valence-electron chi connectivity index (χ2n) is 8.38. The van der Waals surface area contributed by atoms with E-state index < -0.39 is 18.1 Å². The molecule has 1 aromatic heterocycles. The molecule has 0 aliphatic heterocycles. The number of aromatic amines is 1. The highest BCUT2D eigenvalue weighted by Crippen LogP contribution is 2.44. The molecule has 166 valence electrons. The van der Waals surface area contributed by atoms with Crippen molar-refractivity contribution in [1.82, 2.24) is 10.3 Å². The number of aryl methyl sites for hydroxylation is 1. The molecule has 6 heteroatoms. The number of H-pyrrole nitrogens is 1. The number of amides is 1. The van der Waals surface area contributed by atoms with E-state index in [0.717, 1.165) is 44.3 Å². The summed E-state index contributed by atoms with van der Waals surface area (Å²) in [6.07, 6.45) is 1.22. The first-order chi connectivity index (χ1) is 16.0. The van der Waals surface area contributed by atoms with Crippen LogP contribution in [-0.4, -0.2) is 34.8 Å². The molecular formula is C27H24N2O4. The maximum Gasteiger partial charge on any atom is 0.407 e. The van der Waals surface area contributed by atoms with Gasteiger partial charge in [-0.15, -0.1) is 0 Å². The number of aliphatic carboxylic acids is 1. The van der Waals surface area contributed by atoms with Crippen molar-refractivity contribution in [3.8, 4) is 11.1 Å². The molecule has 0 saturated heterocycles. The van der Waals surface area contributed by atoms with Crippen LogP contribution >= 0.6 is 0 Å². The predicted molar refractivity (Wildman–Crippen MR) is 126 cm³/mol. The number of aromatic nitrogens is 1. The molecular weight excluding hydrogens is 416 g/mol. The lowest BCUT2D eigenvalue weighted by Gasteiger charge is -2.17. The molecule has 0 fully saturated rings. The summed E-state index contributed by atoms with van der Waals surface area (Å²) in [5.74, 6) is -1.19. The third-order valence-corrected chi connectivity index (χ3v) is 6.37. The Kier molecular flexibility index (Phi) is 5.34. The lowest BCUT2D eigenvalue weighted by atomic mass is 9.98. The topological polar surface area (TPSA) is 91.4 Å². The van der Waals surface area contributed by atoms with Gasteiger partial charge in [0.1, 0.15) is 12.6 Å². The lowest BCUT2D eigenvalue weighted by Crippen LogP contribution is -2.42. The summed E-state index contributed by atoms with van der Waals surface area (Å²) in [6.45, 7) is 2.13. The number of fused-ring (bicyclic) bond motifs is 4. The Hall–Kier alpha value is -4.06. The number of carboxylic acids is 1. The van der Waals surface area contributed by atoms with Gasteiger partial charge in [-0.05, 0) is 40.3 Å². The fraction of sp³-hybridized carbons (Fsp3) is 0.185. The maximum atomic E-state index is 12.6. The van der Waals surface area contributed by atoms with E-state index in [1.54, 1.807) is 6.20 Å². The van der Waals surface area contributed by atoms with Crippen LogP contribution in [-0.2, 0) is 16.0 Å². The molecule has 6 nitrogen and oxygen atoms in total. The largest absolute Gasteiger partial charge is 0.480 e. The first kappa shape index (κ1) is 20.8. The Labute approximate surface area is 191 Å². The number of hydrogen-bond donors (Lipinski definition) is 3. The number of alkyl carbamates (subject to hydrolysis) is 1. The van der Waals surface area contributed by atoms with Crippen molar-refractivity contribution in [3.05, 3.63) is 95.2 Å². The number of benzene rings is 3. The number of nitrogens with one attached hydrogen (secondary N) is 2. The zero-order valence-corrected chi connectivity index (χ0v) is 18.2. The Morgan fingerprint density at radius 2 is 1.67 bits per heavy atom. The zero-order chi connectivity index (χ0) is 22.9. The van der Waals surface area contributed by atoms with Crippen LogP contribution in [0.4, 0.5) is 4.79 Å². The molecule has 3 aromatic carbocycles. The Morgan fingerprint density at radius 1 is 1.00 bits per heavy atom. The van der Waals surface area contributed by atoms with E-state index in [-0.39, 0.29) is 18.9 Å². The summed E-state index contributed by atoms with van der Waals surface area (Å²) in [5, 5.41) is 13.2. The number of carbonyl (C=O) groups is 2. The van der Waals surface area contributed by atoms with Gasteiger partial charge in [-0.25, -0.2) is 9.59 Å². The van der Waals surface area contributed by atoms with E-state index in [0.29, 0.717) is 0 Å². The summed E-state index contributed by atoms with van der Waals surface area (Å²) >= 11 is 0. The molecule has 1 aliphatic carbocycles. The Bertz CT molecular complexity index is 1310. The average Bonchev–Trinajstić information content (AvgIpc) is 3.37. The van der Waals surface area contributed by atoms with Gasteiger partial charge in [0, 0.05) is 29.4 Å². The maximum absolute atomic E-state index is 12.6. The summed E-state index contributed by atoms with van der Waals surface area (Å²) in [5.41, 5.74) is 7.37. The van der Waals surface area contributed by atoms with Crippen molar-refractivity contribution in [1.29, 1.82) is 0 Å². The molecule has 3 N–H and O–H groups in total. The van der Waals surface area contributed by atoms with E-state index in [4.69, 9.17) is 4.74 Å². The molecule has 1 aliphatic rings. The van der Waals surface area contributed by atoms with Gasteiger partial charge in [-0.2, -0.15) is 0 Å². The molecule has 5 rings (SSSR count). The molecule has 0 unspecified atom stereocenters. The summed E-state index contributed by atoms with van der Waals surface area (Å²) in [7, 11) is 0. The van der Waals surface area contributed by atoms with Gasteiger partial charge in [0.05, 0.1) is 0 Å². The number of carboxylic acid groups (broad SMARTS) is 1. The van der Waals surface area contributed by atoms with Crippen LogP contribution in [0.1, 0.15) is 28.2 Å². The number of rotatable bonds is 6. The fourth-order valence-electron chi connectivity index (χ4n) is 4.74. The fourth-order valence-corrected chi connectivity index (χ4v) is 4.74. The van der Waals surface area contributed by atoms with Gasteiger partial charge in [0.25, 0.3) is 0 Å². The number of carbonyl (C=O) groups excluding carboxylic acids is 1. The van der Waals surface area contributed by atoms with Crippen LogP contribution in [0.25, 0.3) is 22.0 Å². The summed E-state index contributed by atoms with van der Waals surface area (Å²) in [4.78, 5) is 27.7. The monoisotopic (exact) mass is 440 g/mol. The van der Waals surface area contributed by atoms with E-state index in [2.05, 4.69) is 22.4 Å². The van der Waals surface area contributed by atoms with Crippen LogP contribution in [0.15, 0.2) is 72.9 Å². The van der Waals surface area contributed by atoms with Crippen molar-refractivity contribution in [2.75, 3.05) is 6.61 Å². The number of hydrogen-bond acceptors (Lipinski definition) is 3. The SMILES string of the molecule is Cc1cccc2c(C[C@@H](NC(=O)OCC3c4ccccc4-c4ccccc43)C(=O)O)c[nH]c12. The number of ether oxygens (including phenoxy) is 1. The molecule has 1 heterocycles. The van der Waals surface area contributed by atoms with E-state index in [1.807, 2.05) is 61.5 Å². The van der Waals surface area contributed by atoms with Gasteiger partial charge in [0.15, 0.2) is 0 Å². The second kappa shape index (κ2) is 8.47. The van der Waals surface area contributed by atoms with Crippen molar-refractivity contribution >= 4 is 23.0 Å². The smallest absolute Gasteiger partial charge is 0.407 e. The van der Waals surface area contributed by atoms with Crippen LogP contribution in [0, 0.1) is 6.92 Å². The zero-order valence-electron chi connectivity index (χ0n) is 18.2. The Balaban J connectivity index is 1.29. The minimum absolute atomic E-state index is 0.0805. The lowest BCUT2D eigenvalue weighted by molar-refractivity contribution is -0.139. The number of para-hydroxylation sites is 1. The first-order valence-electron chi connectivity index (χ1n) is 10.9.